The van der Waals surface area contributed by atoms with Crippen molar-refractivity contribution in [2.75, 3.05) is 19.6 Å². The molecule has 1 aliphatic carbocycles. The highest BCUT2D eigenvalue weighted by Crippen LogP contribution is 2.17. The van der Waals surface area contributed by atoms with Crippen molar-refractivity contribution >= 4 is 5.91 Å². The van der Waals surface area contributed by atoms with Crippen LogP contribution in [0.1, 0.15) is 44.9 Å². The fourth-order valence-electron chi connectivity index (χ4n) is 2.28. The maximum atomic E-state index is 11.9. The zero-order valence-electron chi connectivity index (χ0n) is 9.50. The van der Waals surface area contributed by atoms with Crippen molar-refractivity contribution in [3.05, 3.63) is 0 Å². The van der Waals surface area contributed by atoms with E-state index in [0.717, 1.165) is 13.1 Å². The van der Waals surface area contributed by atoms with E-state index in [1.54, 1.807) is 0 Å². The SMILES string of the molecule is O=C(CNC1CCC1)N1CCCCCC1. The highest BCUT2D eigenvalue weighted by molar-refractivity contribution is 5.78. The maximum absolute atomic E-state index is 11.9. The van der Waals surface area contributed by atoms with E-state index in [-0.39, 0.29) is 0 Å². The van der Waals surface area contributed by atoms with Crippen LogP contribution < -0.4 is 5.32 Å². The predicted octanol–water partition coefficient (Wildman–Crippen LogP) is 1.53. The second kappa shape index (κ2) is 5.50. The second-order valence-corrected chi connectivity index (χ2v) is 4.80. The number of carbonyl (C=O) groups is 1. The summed E-state index contributed by atoms with van der Waals surface area (Å²) in [5.41, 5.74) is 0. The molecule has 0 aromatic heterocycles. The smallest absolute Gasteiger partial charge is 0.236 e. The quantitative estimate of drug-likeness (QED) is 0.766. The molecule has 1 N–H and O–H groups in total. The molecule has 0 unspecified atom stereocenters. The first kappa shape index (κ1) is 10.9. The van der Waals surface area contributed by atoms with Gasteiger partial charge in [-0.1, -0.05) is 19.3 Å². The van der Waals surface area contributed by atoms with Crippen LogP contribution in [0.2, 0.25) is 0 Å². The van der Waals surface area contributed by atoms with E-state index in [9.17, 15) is 4.79 Å². The van der Waals surface area contributed by atoms with Crippen LogP contribution in [0.15, 0.2) is 0 Å². The molecule has 15 heavy (non-hydrogen) atoms. The van der Waals surface area contributed by atoms with Crippen LogP contribution in [0.5, 0.6) is 0 Å². The summed E-state index contributed by atoms with van der Waals surface area (Å²) in [5.74, 6) is 0.309. The molecular weight excluding hydrogens is 188 g/mol. The van der Waals surface area contributed by atoms with Crippen molar-refractivity contribution in [1.29, 1.82) is 0 Å². The van der Waals surface area contributed by atoms with Gasteiger partial charge in [0.1, 0.15) is 0 Å². The summed E-state index contributed by atoms with van der Waals surface area (Å²) < 4.78 is 0. The Kier molecular flexibility index (Phi) is 4.01. The van der Waals surface area contributed by atoms with Crippen molar-refractivity contribution in [2.24, 2.45) is 0 Å². The molecule has 3 heteroatoms. The van der Waals surface area contributed by atoms with Gasteiger partial charge in [-0.05, 0) is 25.7 Å². The molecule has 3 nitrogen and oxygen atoms in total. The third-order valence-corrected chi connectivity index (χ3v) is 3.61. The molecule has 1 saturated heterocycles. The first-order chi connectivity index (χ1) is 7.36. The van der Waals surface area contributed by atoms with E-state index in [2.05, 4.69) is 5.32 Å². The number of amides is 1. The molecule has 0 aromatic rings. The lowest BCUT2D eigenvalue weighted by Gasteiger charge is -2.28. The summed E-state index contributed by atoms with van der Waals surface area (Å²) >= 11 is 0. The van der Waals surface area contributed by atoms with Crippen LogP contribution in [0, 0.1) is 0 Å². The van der Waals surface area contributed by atoms with Crippen LogP contribution in [0.25, 0.3) is 0 Å². The van der Waals surface area contributed by atoms with Crippen LogP contribution in [-0.4, -0.2) is 36.5 Å². The summed E-state index contributed by atoms with van der Waals surface area (Å²) in [4.78, 5) is 13.9. The van der Waals surface area contributed by atoms with Gasteiger partial charge in [0.15, 0.2) is 0 Å². The standard InChI is InChI=1S/C12H22N2O/c15-12(10-13-11-6-5-7-11)14-8-3-1-2-4-9-14/h11,13H,1-10H2. The number of rotatable bonds is 3. The number of nitrogens with zero attached hydrogens (tertiary/aromatic N) is 1. The average molecular weight is 210 g/mol. The summed E-state index contributed by atoms with van der Waals surface area (Å²) in [7, 11) is 0. The van der Waals surface area contributed by atoms with Crippen molar-refractivity contribution in [3.63, 3.8) is 0 Å². The molecule has 1 saturated carbocycles. The Balaban J connectivity index is 1.68. The topological polar surface area (TPSA) is 32.3 Å². The largest absolute Gasteiger partial charge is 0.342 e. The normalized spacial score (nSPS) is 23.3. The van der Waals surface area contributed by atoms with Gasteiger partial charge < -0.3 is 10.2 Å². The minimum Gasteiger partial charge on any atom is -0.342 e. The lowest BCUT2D eigenvalue weighted by Crippen LogP contribution is -2.44. The van der Waals surface area contributed by atoms with E-state index in [1.165, 1.54) is 44.9 Å². The van der Waals surface area contributed by atoms with Gasteiger partial charge in [-0.3, -0.25) is 4.79 Å². The third-order valence-electron chi connectivity index (χ3n) is 3.61. The van der Waals surface area contributed by atoms with Gasteiger partial charge in [0.2, 0.25) is 5.91 Å². The summed E-state index contributed by atoms with van der Waals surface area (Å²) in [6.45, 7) is 2.51. The summed E-state index contributed by atoms with van der Waals surface area (Å²) in [6.07, 6.45) is 8.81. The van der Waals surface area contributed by atoms with Gasteiger partial charge in [-0.2, -0.15) is 0 Å². The van der Waals surface area contributed by atoms with Crippen LogP contribution >= 0.6 is 0 Å². The molecule has 2 aliphatic rings. The molecule has 2 rings (SSSR count). The monoisotopic (exact) mass is 210 g/mol. The summed E-state index contributed by atoms with van der Waals surface area (Å²) in [6, 6.07) is 0.626. The molecule has 86 valence electrons. The fourth-order valence-corrected chi connectivity index (χ4v) is 2.28. The first-order valence-electron chi connectivity index (χ1n) is 6.37. The van der Waals surface area contributed by atoms with Crippen molar-refractivity contribution in [2.45, 2.75) is 51.0 Å². The minimum atomic E-state index is 0.309. The molecule has 1 heterocycles. The fraction of sp³-hybridized carbons (Fsp3) is 0.917. The molecule has 1 aliphatic heterocycles. The maximum Gasteiger partial charge on any atom is 0.236 e. The van der Waals surface area contributed by atoms with E-state index in [1.807, 2.05) is 4.90 Å². The number of hydrogen-bond donors (Lipinski definition) is 1. The molecule has 2 fully saturated rings. The molecule has 0 atom stereocenters. The van der Waals surface area contributed by atoms with Crippen LogP contribution in [-0.2, 0) is 4.79 Å². The van der Waals surface area contributed by atoms with Crippen molar-refractivity contribution in [1.82, 2.24) is 10.2 Å². The van der Waals surface area contributed by atoms with Gasteiger partial charge in [0, 0.05) is 19.1 Å². The zero-order chi connectivity index (χ0) is 10.5. The van der Waals surface area contributed by atoms with E-state index < -0.39 is 0 Å². The Morgan fingerprint density at radius 3 is 2.27 bits per heavy atom. The zero-order valence-corrected chi connectivity index (χ0v) is 9.50. The molecule has 1 amide bonds. The van der Waals surface area contributed by atoms with E-state index in [0.29, 0.717) is 18.5 Å². The molecule has 0 radical (unpaired) electrons. The number of likely N-dealkylation sites (tertiary alicyclic amines) is 1. The summed E-state index contributed by atoms with van der Waals surface area (Å²) in [5, 5.41) is 3.35. The average Bonchev–Trinajstić information content (AvgIpc) is 2.43. The lowest BCUT2D eigenvalue weighted by molar-refractivity contribution is -0.130. The van der Waals surface area contributed by atoms with E-state index in [4.69, 9.17) is 0 Å². The lowest BCUT2D eigenvalue weighted by atomic mass is 9.93. The first-order valence-corrected chi connectivity index (χ1v) is 6.37. The number of carbonyl (C=O) groups excluding carboxylic acids is 1. The van der Waals surface area contributed by atoms with Crippen LogP contribution in [0.4, 0.5) is 0 Å². The molecule has 0 aromatic carbocycles. The molecular formula is C12H22N2O. The Hall–Kier alpha value is -0.570. The minimum absolute atomic E-state index is 0.309. The van der Waals surface area contributed by atoms with E-state index >= 15 is 0 Å². The van der Waals surface area contributed by atoms with Gasteiger partial charge >= 0.3 is 0 Å². The van der Waals surface area contributed by atoms with Gasteiger partial charge in [-0.15, -0.1) is 0 Å². The Morgan fingerprint density at radius 2 is 1.73 bits per heavy atom. The Morgan fingerprint density at radius 1 is 1.07 bits per heavy atom. The second-order valence-electron chi connectivity index (χ2n) is 4.80. The number of nitrogens with one attached hydrogen (secondary N) is 1. The van der Waals surface area contributed by atoms with Crippen molar-refractivity contribution < 1.29 is 4.79 Å². The number of hydrogen-bond acceptors (Lipinski definition) is 2. The third kappa shape index (κ3) is 3.20. The van der Waals surface area contributed by atoms with Gasteiger partial charge in [0.25, 0.3) is 0 Å². The highest BCUT2D eigenvalue weighted by atomic mass is 16.2. The van der Waals surface area contributed by atoms with Gasteiger partial charge in [-0.25, -0.2) is 0 Å². The van der Waals surface area contributed by atoms with Crippen LogP contribution in [0.3, 0.4) is 0 Å². The van der Waals surface area contributed by atoms with Gasteiger partial charge in [0.05, 0.1) is 6.54 Å². The molecule has 0 bridgehead atoms. The Bertz CT molecular complexity index is 206. The van der Waals surface area contributed by atoms with Crippen molar-refractivity contribution in [3.8, 4) is 0 Å². The predicted molar refractivity (Wildman–Crippen MR) is 60.7 cm³/mol. The molecule has 0 spiro atoms. The Labute approximate surface area is 92.2 Å². The highest BCUT2D eigenvalue weighted by Gasteiger charge is 2.20.